The molecule has 3 aromatic heterocycles. The van der Waals surface area contributed by atoms with Gasteiger partial charge in [0, 0.05) is 16.9 Å². The quantitative estimate of drug-likeness (QED) is 0.0571. The zero-order valence-corrected chi connectivity index (χ0v) is 38.6. The maximum Gasteiger partial charge on any atom is 0.338 e. The smallest absolute Gasteiger partial charge is 0.338 e. The van der Waals surface area contributed by atoms with Crippen LogP contribution in [0.4, 0.5) is 34.4 Å². The van der Waals surface area contributed by atoms with Gasteiger partial charge in [0.15, 0.2) is 34.6 Å². The number of nitrogens with two attached hydrogens (primary N) is 2. The first-order valence-corrected chi connectivity index (χ1v) is 22.4. The van der Waals surface area contributed by atoms with Crippen LogP contribution >= 0.6 is 0 Å². The van der Waals surface area contributed by atoms with Crippen LogP contribution in [-0.2, 0) is 22.0 Å². The first-order valence-electron chi connectivity index (χ1n) is 22.4. The topological polar surface area (TPSA) is 189 Å². The lowest BCUT2D eigenvalue weighted by Crippen LogP contribution is -2.14. The van der Waals surface area contributed by atoms with Crippen LogP contribution in [0.15, 0.2) is 81.4 Å². The van der Waals surface area contributed by atoms with Crippen LogP contribution in [0.25, 0.3) is 11.6 Å². The molecule has 0 amide bonds. The number of benzene rings is 2. The molecule has 0 fully saturated rings. The molecule has 5 aromatic rings. The van der Waals surface area contributed by atoms with Crippen molar-refractivity contribution in [2.45, 2.75) is 144 Å². The van der Waals surface area contributed by atoms with Gasteiger partial charge >= 0.3 is 5.97 Å². The summed E-state index contributed by atoms with van der Waals surface area (Å²) in [5, 5.41) is 28.2. The number of carbonyl (C=O) groups is 1. The fourth-order valence-electron chi connectivity index (χ4n) is 7.25. The van der Waals surface area contributed by atoms with E-state index in [0.29, 0.717) is 58.2 Å². The molecule has 2 aromatic carbocycles. The number of hydrogen-bond donors (Lipinski definition) is 2. The summed E-state index contributed by atoms with van der Waals surface area (Å²) >= 11 is 0. The first-order chi connectivity index (χ1) is 29.6. The summed E-state index contributed by atoms with van der Waals surface area (Å²) in [6, 6.07) is 16.9. The van der Waals surface area contributed by atoms with Crippen LogP contribution in [0.3, 0.4) is 0 Å². The summed E-state index contributed by atoms with van der Waals surface area (Å²) in [5.74, 6) is 1.96. The van der Waals surface area contributed by atoms with Crippen molar-refractivity contribution in [1.29, 1.82) is 0 Å². The SMILES string of the molecule is CCCCC(CC)CCc1cccc(N=Nc2c(C(C)(C)C)nn(-c3cc(-n4nc(C(C)(C)C)c(N=Nc5cccc(C(=O)OCC(CC)CCCC)c5)c4N)ncn3)c2N)c1. The van der Waals surface area contributed by atoms with Gasteiger partial charge in [-0.15, -0.1) is 10.2 Å². The molecule has 14 nitrogen and oxygen atoms in total. The molecule has 0 aliphatic rings. The van der Waals surface area contributed by atoms with E-state index in [-0.39, 0.29) is 17.6 Å². The number of aromatic nitrogens is 6. The van der Waals surface area contributed by atoms with Crippen LogP contribution in [0.1, 0.15) is 154 Å². The van der Waals surface area contributed by atoms with E-state index in [9.17, 15) is 4.79 Å². The number of ether oxygens (including phenoxy) is 1. The fraction of sp³-hybridized carbons (Fsp3) is 0.521. The zero-order chi connectivity index (χ0) is 45.0. The Balaban J connectivity index is 1.42. The third-order valence-corrected chi connectivity index (χ3v) is 11.2. The van der Waals surface area contributed by atoms with Crippen molar-refractivity contribution in [1.82, 2.24) is 29.5 Å². The number of unbranched alkanes of at least 4 members (excludes halogenated alkanes) is 2. The normalized spacial score (nSPS) is 13.3. The van der Waals surface area contributed by atoms with Crippen molar-refractivity contribution >= 4 is 40.4 Å². The van der Waals surface area contributed by atoms with Crippen molar-refractivity contribution in [3.63, 3.8) is 0 Å². The molecule has 62 heavy (non-hydrogen) atoms. The summed E-state index contributed by atoms with van der Waals surface area (Å²) in [4.78, 5) is 22.1. The highest BCUT2D eigenvalue weighted by Gasteiger charge is 2.29. The van der Waals surface area contributed by atoms with E-state index in [0.717, 1.165) is 50.1 Å². The molecular formula is C48H68N12O2. The Morgan fingerprint density at radius 1 is 0.677 bits per heavy atom. The van der Waals surface area contributed by atoms with Gasteiger partial charge in [-0.1, -0.05) is 132 Å². The average molecular weight is 845 g/mol. The highest BCUT2D eigenvalue weighted by atomic mass is 16.5. The second-order valence-electron chi connectivity index (χ2n) is 18.3. The minimum atomic E-state index is -0.469. The highest BCUT2D eigenvalue weighted by molar-refractivity contribution is 5.90. The number of nitrogens with zero attached hydrogens (tertiary/aromatic N) is 10. The number of hydrogen-bond acceptors (Lipinski definition) is 12. The van der Waals surface area contributed by atoms with Crippen molar-refractivity contribution in [3.8, 4) is 11.6 Å². The molecule has 2 unspecified atom stereocenters. The minimum Gasteiger partial charge on any atom is -0.462 e. The van der Waals surface area contributed by atoms with Gasteiger partial charge in [0.2, 0.25) is 0 Å². The van der Waals surface area contributed by atoms with Gasteiger partial charge in [-0.2, -0.15) is 29.8 Å². The van der Waals surface area contributed by atoms with E-state index in [1.54, 1.807) is 35.0 Å². The number of azo groups is 2. The Morgan fingerprint density at radius 2 is 1.19 bits per heavy atom. The van der Waals surface area contributed by atoms with Crippen LogP contribution < -0.4 is 11.5 Å². The van der Waals surface area contributed by atoms with Gasteiger partial charge in [0.05, 0.1) is 34.9 Å². The lowest BCUT2D eigenvalue weighted by Gasteiger charge is -2.15. The van der Waals surface area contributed by atoms with E-state index in [4.69, 9.17) is 31.5 Å². The van der Waals surface area contributed by atoms with Crippen molar-refractivity contribution in [2.24, 2.45) is 32.3 Å². The predicted molar refractivity (Wildman–Crippen MR) is 249 cm³/mol. The number of esters is 1. The van der Waals surface area contributed by atoms with Gasteiger partial charge in [-0.05, 0) is 67.0 Å². The molecule has 332 valence electrons. The van der Waals surface area contributed by atoms with Crippen molar-refractivity contribution < 1.29 is 9.53 Å². The molecule has 4 N–H and O–H groups in total. The van der Waals surface area contributed by atoms with Gasteiger partial charge in [-0.25, -0.2) is 14.8 Å². The molecule has 2 atom stereocenters. The van der Waals surface area contributed by atoms with Gasteiger partial charge in [0.25, 0.3) is 0 Å². The molecule has 0 saturated heterocycles. The minimum absolute atomic E-state index is 0.225. The summed E-state index contributed by atoms with van der Waals surface area (Å²) in [6.07, 6.45) is 12.8. The summed E-state index contributed by atoms with van der Waals surface area (Å²) in [7, 11) is 0. The second kappa shape index (κ2) is 21.3. The maximum atomic E-state index is 13.0. The Bertz CT molecular complexity index is 2310. The van der Waals surface area contributed by atoms with E-state index < -0.39 is 10.8 Å². The number of nitrogen functional groups attached to an aromatic ring is 2. The Hall–Kier alpha value is -5.79. The molecule has 0 spiro atoms. The first kappa shape index (κ1) is 47.3. The largest absolute Gasteiger partial charge is 0.462 e. The standard InChI is InChI=1S/C48H68N12O2/c1-11-15-19-32(13-3)25-26-34-21-17-23-36(27-34)53-55-40-42(47(5,6)7)57-59(44(40)49)38-29-39(52-31-51-38)60-45(50)41(43(58-60)48(8,9)10)56-54-37-24-18-22-35(28-37)46(61)62-30-33(14-4)20-16-12-2/h17-18,21-24,27-29,31-33H,11-16,19-20,25-26,30,49-50H2,1-10H3. The number of carbonyl (C=O) groups excluding carboxylic acids is 1. The molecule has 14 heteroatoms. The van der Waals surface area contributed by atoms with Crippen LogP contribution in [0.2, 0.25) is 0 Å². The lowest BCUT2D eigenvalue weighted by atomic mass is 9.91. The van der Waals surface area contributed by atoms with E-state index >= 15 is 0 Å². The lowest BCUT2D eigenvalue weighted by molar-refractivity contribution is 0.0428. The molecule has 3 heterocycles. The van der Waals surface area contributed by atoms with Gasteiger partial charge in [-0.3, -0.25) is 0 Å². The summed E-state index contributed by atoms with van der Waals surface area (Å²) in [6.45, 7) is 21.4. The Labute approximate surface area is 368 Å². The van der Waals surface area contributed by atoms with Crippen molar-refractivity contribution in [2.75, 3.05) is 18.1 Å². The fourth-order valence-corrected chi connectivity index (χ4v) is 7.25. The Morgan fingerprint density at radius 3 is 1.71 bits per heavy atom. The van der Waals surface area contributed by atoms with Crippen LogP contribution in [0, 0.1) is 11.8 Å². The van der Waals surface area contributed by atoms with Crippen LogP contribution in [0.5, 0.6) is 0 Å². The monoisotopic (exact) mass is 845 g/mol. The third-order valence-electron chi connectivity index (χ3n) is 11.2. The average Bonchev–Trinajstić information content (AvgIpc) is 3.78. The number of anilines is 2. The third kappa shape index (κ3) is 12.2. The highest BCUT2D eigenvalue weighted by Crippen LogP contribution is 2.40. The van der Waals surface area contributed by atoms with Gasteiger partial charge in [0.1, 0.15) is 6.33 Å². The molecule has 0 radical (unpaired) electrons. The predicted octanol–water partition coefficient (Wildman–Crippen LogP) is 13.0. The summed E-state index contributed by atoms with van der Waals surface area (Å²) < 4.78 is 8.75. The summed E-state index contributed by atoms with van der Waals surface area (Å²) in [5.41, 5.74) is 17.7. The Kier molecular flexibility index (Phi) is 16.3. The van der Waals surface area contributed by atoms with Gasteiger partial charge < -0.3 is 16.2 Å². The number of aryl methyl sites for hydroxylation is 1. The second-order valence-corrected chi connectivity index (χ2v) is 18.3. The molecule has 0 saturated carbocycles. The molecule has 0 aliphatic heterocycles. The zero-order valence-electron chi connectivity index (χ0n) is 38.6. The van der Waals surface area contributed by atoms with E-state index in [2.05, 4.69) is 85.9 Å². The molecular weight excluding hydrogens is 777 g/mol. The van der Waals surface area contributed by atoms with Crippen LogP contribution in [-0.4, -0.2) is 42.1 Å². The maximum absolute atomic E-state index is 13.0. The molecule has 0 aliphatic carbocycles. The number of rotatable bonds is 20. The van der Waals surface area contributed by atoms with Crippen molar-refractivity contribution in [3.05, 3.63) is 83.4 Å². The van der Waals surface area contributed by atoms with E-state index in [1.165, 1.54) is 42.3 Å². The molecule has 5 rings (SSSR count). The van der Waals surface area contributed by atoms with E-state index in [1.807, 2.05) is 32.9 Å². The molecule has 0 bridgehead atoms.